The summed E-state index contributed by atoms with van der Waals surface area (Å²) in [4.78, 5) is 21.5. The molecule has 0 rings (SSSR count). The standard InChI is InChI=1S/C7H15N3O3/c1-4-13-7(12)10-9-6(11)8-5(2)3/h5H,4H2,1-3H3,(H,10,12)(H2,8,9,11). The fraction of sp³-hybridized carbons (Fsp3) is 0.714. The van der Waals surface area contributed by atoms with Crippen molar-refractivity contribution in [2.45, 2.75) is 26.8 Å². The molecule has 0 aliphatic carbocycles. The number of ether oxygens (including phenoxy) is 1. The molecule has 0 aromatic heterocycles. The molecule has 76 valence electrons. The maximum absolute atomic E-state index is 10.9. The summed E-state index contributed by atoms with van der Waals surface area (Å²) < 4.78 is 4.50. The fourth-order valence-electron chi connectivity index (χ4n) is 0.573. The van der Waals surface area contributed by atoms with E-state index in [0.29, 0.717) is 0 Å². The van der Waals surface area contributed by atoms with Gasteiger partial charge in [0, 0.05) is 6.04 Å². The van der Waals surface area contributed by atoms with Crippen molar-refractivity contribution < 1.29 is 14.3 Å². The average molecular weight is 189 g/mol. The topological polar surface area (TPSA) is 79.5 Å². The molecule has 0 heterocycles. The van der Waals surface area contributed by atoms with Gasteiger partial charge in [-0.25, -0.2) is 20.4 Å². The predicted molar refractivity (Wildman–Crippen MR) is 47.0 cm³/mol. The first-order valence-electron chi connectivity index (χ1n) is 4.05. The predicted octanol–water partition coefficient (Wildman–Crippen LogP) is 0.355. The molecule has 0 aliphatic heterocycles. The lowest BCUT2D eigenvalue weighted by atomic mass is 10.4. The van der Waals surface area contributed by atoms with Crippen LogP contribution in [-0.2, 0) is 4.74 Å². The lowest BCUT2D eigenvalue weighted by molar-refractivity contribution is 0.147. The maximum atomic E-state index is 10.9. The first kappa shape index (κ1) is 11.5. The van der Waals surface area contributed by atoms with Crippen LogP contribution in [0.5, 0.6) is 0 Å². The monoisotopic (exact) mass is 189 g/mol. The number of carbonyl (C=O) groups excluding carboxylic acids is 2. The molecule has 6 nitrogen and oxygen atoms in total. The number of nitrogens with one attached hydrogen (secondary N) is 3. The van der Waals surface area contributed by atoms with E-state index in [9.17, 15) is 9.59 Å². The zero-order valence-electron chi connectivity index (χ0n) is 8.01. The summed E-state index contributed by atoms with van der Waals surface area (Å²) in [5, 5.41) is 2.52. The second-order valence-electron chi connectivity index (χ2n) is 2.60. The van der Waals surface area contributed by atoms with E-state index in [0.717, 1.165) is 0 Å². The summed E-state index contributed by atoms with van der Waals surface area (Å²) >= 11 is 0. The first-order chi connectivity index (χ1) is 6.06. The highest BCUT2D eigenvalue weighted by atomic mass is 16.6. The number of amides is 3. The molecule has 0 bridgehead atoms. The third-order valence-corrected chi connectivity index (χ3v) is 0.973. The average Bonchev–Trinajstić information content (AvgIpc) is 2.00. The zero-order chi connectivity index (χ0) is 10.3. The minimum absolute atomic E-state index is 0.0176. The van der Waals surface area contributed by atoms with Crippen molar-refractivity contribution in [3.05, 3.63) is 0 Å². The van der Waals surface area contributed by atoms with Crippen molar-refractivity contribution in [1.82, 2.24) is 16.2 Å². The summed E-state index contributed by atoms with van der Waals surface area (Å²) in [6.07, 6.45) is -0.679. The second kappa shape index (κ2) is 6.10. The highest BCUT2D eigenvalue weighted by Gasteiger charge is 2.04. The van der Waals surface area contributed by atoms with Crippen molar-refractivity contribution in [2.24, 2.45) is 0 Å². The SMILES string of the molecule is CCOC(=O)NNC(=O)NC(C)C. The summed E-state index contributed by atoms with van der Waals surface area (Å²) in [5.41, 5.74) is 4.19. The van der Waals surface area contributed by atoms with E-state index in [-0.39, 0.29) is 12.6 Å². The van der Waals surface area contributed by atoms with E-state index in [1.54, 1.807) is 6.92 Å². The van der Waals surface area contributed by atoms with Gasteiger partial charge in [-0.1, -0.05) is 0 Å². The Hall–Kier alpha value is -1.46. The summed E-state index contributed by atoms with van der Waals surface area (Å²) in [5.74, 6) is 0. The van der Waals surface area contributed by atoms with Crippen LogP contribution in [0, 0.1) is 0 Å². The van der Waals surface area contributed by atoms with E-state index in [1.165, 1.54) is 0 Å². The number of carbonyl (C=O) groups is 2. The first-order valence-corrected chi connectivity index (χ1v) is 4.05. The normalized spacial score (nSPS) is 9.23. The molecule has 0 aromatic rings. The number of hydrogen-bond acceptors (Lipinski definition) is 3. The Labute approximate surface area is 77.0 Å². The zero-order valence-corrected chi connectivity index (χ0v) is 8.01. The van der Waals surface area contributed by atoms with Crippen LogP contribution in [0.3, 0.4) is 0 Å². The highest BCUT2D eigenvalue weighted by Crippen LogP contribution is 1.76. The molecule has 0 saturated carbocycles. The molecule has 3 N–H and O–H groups in total. The Balaban J connectivity index is 3.52. The Morgan fingerprint density at radius 3 is 2.38 bits per heavy atom. The van der Waals surface area contributed by atoms with E-state index >= 15 is 0 Å². The van der Waals surface area contributed by atoms with Crippen LogP contribution in [0.2, 0.25) is 0 Å². The van der Waals surface area contributed by atoms with Gasteiger partial charge < -0.3 is 10.1 Å². The largest absolute Gasteiger partial charge is 0.449 e. The van der Waals surface area contributed by atoms with Gasteiger partial charge >= 0.3 is 12.1 Å². The van der Waals surface area contributed by atoms with Crippen LogP contribution in [-0.4, -0.2) is 24.8 Å². The highest BCUT2D eigenvalue weighted by molar-refractivity contribution is 5.77. The smallest absolute Gasteiger partial charge is 0.426 e. The van der Waals surface area contributed by atoms with E-state index in [2.05, 4.69) is 20.9 Å². The van der Waals surface area contributed by atoms with E-state index in [1.807, 2.05) is 13.8 Å². The van der Waals surface area contributed by atoms with Gasteiger partial charge in [-0.15, -0.1) is 0 Å². The van der Waals surface area contributed by atoms with Gasteiger partial charge in [0.25, 0.3) is 0 Å². The minimum atomic E-state index is -0.679. The van der Waals surface area contributed by atoms with E-state index < -0.39 is 12.1 Å². The molecule has 0 aliphatic rings. The van der Waals surface area contributed by atoms with Gasteiger partial charge in [0.1, 0.15) is 0 Å². The molecular formula is C7H15N3O3. The second-order valence-corrected chi connectivity index (χ2v) is 2.60. The molecule has 0 atom stereocenters. The van der Waals surface area contributed by atoms with Gasteiger partial charge in [0.2, 0.25) is 0 Å². The van der Waals surface area contributed by atoms with Gasteiger partial charge in [-0.2, -0.15) is 0 Å². The molecular weight excluding hydrogens is 174 g/mol. The van der Waals surface area contributed by atoms with Crippen molar-refractivity contribution in [2.75, 3.05) is 6.61 Å². The minimum Gasteiger partial charge on any atom is -0.449 e. The van der Waals surface area contributed by atoms with Crippen molar-refractivity contribution >= 4 is 12.1 Å². The number of hydrazine groups is 1. The number of hydrogen-bond donors (Lipinski definition) is 3. The molecule has 0 aromatic carbocycles. The number of urea groups is 1. The van der Waals surface area contributed by atoms with Crippen LogP contribution < -0.4 is 16.2 Å². The fourth-order valence-corrected chi connectivity index (χ4v) is 0.573. The van der Waals surface area contributed by atoms with E-state index in [4.69, 9.17) is 0 Å². The maximum Gasteiger partial charge on any atom is 0.426 e. The van der Waals surface area contributed by atoms with Gasteiger partial charge in [-0.3, -0.25) is 0 Å². The Morgan fingerprint density at radius 1 is 1.31 bits per heavy atom. The molecule has 13 heavy (non-hydrogen) atoms. The molecule has 0 radical (unpaired) electrons. The Morgan fingerprint density at radius 2 is 1.92 bits per heavy atom. The molecule has 3 amide bonds. The van der Waals surface area contributed by atoms with Gasteiger partial charge in [0.05, 0.1) is 6.61 Å². The lowest BCUT2D eigenvalue weighted by Gasteiger charge is -2.10. The van der Waals surface area contributed by atoms with Crippen LogP contribution in [0.15, 0.2) is 0 Å². The molecule has 0 fully saturated rings. The quantitative estimate of drug-likeness (QED) is 0.548. The Kier molecular flexibility index (Phi) is 5.42. The van der Waals surface area contributed by atoms with Crippen LogP contribution >= 0.6 is 0 Å². The number of rotatable bonds is 2. The van der Waals surface area contributed by atoms with Crippen molar-refractivity contribution in [3.8, 4) is 0 Å². The Bertz CT molecular complexity index is 182. The summed E-state index contributed by atoms with van der Waals surface area (Å²) in [7, 11) is 0. The third kappa shape index (κ3) is 6.92. The molecule has 0 spiro atoms. The molecule has 0 saturated heterocycles. The molecule has 6 heteroatoms. The van der Waals surface area contributed by atoms with Gasteiger partial charge in [0.15, 0.2) is 0 Å². The van der Waals surface area contributed by atoms with Crippen LogP contribution in [0.25, 0.3) is 0 Å². The summed E-state index contributed by atoms with van der Waals surface area (Å²) in [6, 6.07) is -0.452. The van der Waals surface area contributed by atoms with Crippen LogP contribution in [0.4, 0.5) is 9.59 Å². The van der Waals surface area contributed by atoms with Crippen molar-refractivity contribution in [1.29, 1.82) is 0 Å². The molecule has 0 unspecified atom stereocenters. The summed E-state index contributed by atoms with van der Waals surface area (Å²) in [6.45, 7) is 5.56. The third-order valence-electron chi connectivity index (χ3n) is 0.973. The van der Waals surface area contributed by atoms with Gasteiger partial charge in [-0.05, 0) is 20.8 Å². The van der Waals surface area contributed by atoms with Crippen molar-refractivity contribution in [3.63, 3.8) is 0 Å². The van der Waals surface area contributed by atoms with Crippen LogP contribution in [0.1, 0.15) is 20.8 Å². The lowest BCUT2D eigenvalue weighted by Crippen LogP contribution is -2.48.